The summed E-state index contributed by atoms with van der Waals surface area (Å²) in [4.78, 5) is 0. The maximum atomic E-state index is 9.69. The van der Waals surface area contributed by atoms with Gasteiger partial charge in [-0.15, -0.1) is 0 Å². The maximum absolute atomic E-state index is 9.69. The number of unbranched alkanes of at least 4 members (excludes halogenated alkanes) is 9. The second kappa shape index (κ2) is 11.4. The van der Waals surface area contributed by atoms with Crippen LogP contribution in [0.25, 0.3) is 0 Å². The Bertz CT molecular complexity index is 446. The fourth-order valence-electron chi connectivity index (χ4n) is 2.63. The number of halogens is 3. The summed E-state index contributed by atoms with van der Waals surface area (Å²) < 4.78 is 0. The minimum Gasteiger partial charge on any atom is -0.506 e. The number of phenolic OH excluding ortho intramolecular Hbond substituents is 1. The van der Waals surface area contributed by atoms with Gasteiger partial charge >= 0.3 is 0 Å². The van der Waals surface area contributed by atoms with Crippen LogP contribution in [-0.4, -0.2) is 5.11 Å². The molecule has 0 amide bonds. The Labute approximate surface area is 150 Å². The van der Waals surface area contributed by atoms with E-state index in [1.54, 1.807) is 6.07 Å². The summed E-state index contributed by atoms with van der Waals surface area (Å²) in [6, 6.07) is 1.63. The fraction of sp³-hybridized carbons (Fsp3) is 0.667. The van der Waals surface area contributed by atoms with E-state index in [0.29, 0.717) is 5.02 Å². The van der Waals surface area contributed by atoms with Crippen molar-refractivity contribution < 1.29 is 5.11 Å². The summed E-state index contributed by atoms with van der Waals surface area (Å²) in [5.41, 5.74) is 0.883. The van der Waals surface area contributed by atoms with Crippen molar-refractivity contribution in [1.29, 1.82) is 0 Å². The second-order valence-electron chi connectivity index (χ2n) is 5.93. The molecule has 4 heteroatoms. The van der Waals surface area contributed by atoms with E-state index < -0.39 is 0 Å². The van der Waals surface area contributed by atoms with Crippen LogP contribution in [0.5, 0.6) is 5.75 Å². The summed E-state index contributed by atoms with van der Waals surface area (Å²) in [5, 5.41) is 10.6. The van der Waals surface area contributed by atoms with Crippen molar-refractivity contribution in [2.75, 3.05) is 0 Å². The number of aromatic hydroxyl groups is 1. The molecule has 1 rings (SSSR count). The molecule has 0 aliphatic carbocycles. The highest BCUT2D eigenvalue weighted by molar-refractivity contribution is 6.48. The van der Waals surface area contributed by atoms with Gasteiger partial charge in [-0.3, -0.25) is 0 Å². The van der Waals surface area contributed by atoms with Crippen LogP contribution in [0.15, 0.2) is 6.07 Å². The third-order valence-electron chi connectivity index (χ3n) is 4.00. The SMILES string of the molecule is CCCCCCCCCCCCc1cc(O)c(Cl)c(Cl)c1Cl. The highest BCUT2D eigenvalue weighted by Crippen LogP contribution is 2.39. The molecule has 22 heavy (non-hydrogen) atoms. The van der Waals surface area contributed by atoms with Crippen LogP contribution in [0.3, 0.4) is 0 Å². The molecule has 1 N–H and O–H groups in total. The van der Waals surface area contributed by atoms with E-state index in [1.807, 2.05) is 0 Å². The van der Waals surface area contributed by atoms with E-state index in [9.17, 15) is 5.11 Å². The van der Waals surface area contributed by atoms with E-state index in [2.05, 4.69) is 6.92 Å². The molecule has 0 radical (unpaired) electrons. The average molecular weight is 366 g/mol. The van der Waals surface area contributed by atoms with Gasteiger partial charge in [0.2, 0.25) is 0 Å². The molecule has 0 atom stereocenters. The minimum absolute atomic E-state index is 0.0122. The van der Waals surface area contributed by atoms with Crippen LogP contribution in [0.4, 0.5) is 0 Å². The first-order valence-corrected chi connectivity index (χ1v) is 9.56. The van der Waals surface area contributed by atoms with Crippen molar-refractivity contribution in [3.63, 3.8) is 0 Å². The first-order chi connectivity index (χ1) is 10.6. The summed E-state index contributed by atoms with van der Waals surface area (Å²) in [6.07, 6.45) is 13.8. The highest BCUT2D eigenvalue weighted by Gasteiger charge is 2.13. The Morgan fingerprint density at radius 3 is 1.77 bits per heavy atom. The number of hydrogen-bond acceptors (Lipinski definition) is 1. The van der Waals surface area contributed by atoms with Crippen molar-refractivity contribution >= 4 is 34.8 Å². The van der Waals surface area contributed by atoms with Gasteiger partial charge in [0.05, 0.1) is 10.0 Å². The first-order valence-electron chi connectivity index (χ1n) is 8.43. The molecule has 0 bridgehead atoms. The zero-order valence-electron chi connectivity index (χ0n) is 13.4. The molecule has 0 saturated carbocycles. The van der Waals surface area contributed by atoms with Crippen LogP contribution < -0.4 is 0 Å². The van der Waals surface area contributed by atoms with Crippen LogP contribution in [0.2, 0.25) is 15.1 Å². The van der Waals surface area contributed by atoms with E-state index in [1.165, 1.54) is 57.8 Å². The number of hydrogen-bond donors (Lipinski definition) is 1. The van der Waals surface area contributed by atoms with E-state index >= 15 is 0 Å². The van der Waals surface area contributed by atoms with Crippen molar-refractivity contribution in [3.05, 3.63) is 26.7 Å². The van der Waals surface area contributed by atoms with Gasteiger partial charge in [0, 0.05) is 0 Å². The average Bonchev–Trinajstić information content (AvgIpc) is 2.51. The molecule has 0 heterocycles. The quantitative estimate of drug-likeness (QED) is 0.313. The molecule has 0 spiro atoms. The lowest BCUT2D eigenvalue weighted by Gasteiger charge is -2.09. The van der Waals surface area contributed by atoms with E-state index in [4.69, 9.17) is 34.8 Å². The van der Waals surface area contributed by atoms with Crippen molar-refractivity contribution in [2.45, 2.75) is 77.6 Å². The molecule has 0 aliphatic heterocycles. The topological polar surface area (TPSA) is 20.2 Å². The van der Waals surface area contributed by atoms with Crippen LogP contribution in [0, 0.1) is 0 Å². The van der Waals surface area contributed by atoms with Crippen molar-refractivity contribution in [1.82, 2.24) is 0 Å². The largest absolute Gasteiger partial charge is 0.506 e. The third-order valence-corrected chi connectivity index (χ3v) is 5.39. The highest BCUT2D eigenvalue weighted by atomic mass is 35.5. The zero-order chi connectivity index (χ0) is 16.4. The predicted octanol–water partition coefficient (Wildman–Crippen LogP) is 7.82. The number of phenols is 1. The van der Waals surface area contributed by atoms with Crippen LogP contribution in [0.1, 0.15) is 76.7 Å². The molecule has 0 saturated heterocycles. The number of rotatable bonds is 11. The van der Waals surface area contributed by atoms with Gasteiger partial charge in [-0.05, 0) is 24.5 Å². The Morgan fingerprint density at radius 2 is 1.23 bits per heavy atom. The normalized spacial score (nSPS) is 11.1. The monoisotopic (exact) mass is 364 g/mol. The van der Waals surface area contributed by atoms with Gasteiger partial charge in [-0.25, -0.2) is 0 Å². The summed E-state index contributed by atoms with van der Waals surface area (Å²) >= 11 is 18.0. The Balaban J connectivity index is 2.15. The van der Waals surface area contributed by atoms with Gasteiger partial charge in [0.1, 0.15) is 10.8 Å². The number of aryl methyl sites for hydroxylation is 1. The Hall–Kier alpha value is -0.110. The molecular formula is C18H27Cl3O. The summed E-state index contributed by atoms with van der Waals surface area (Å²) in [5.74, 6) is 0.0122. The third kappa shape index (κ3) is 6.98. The predicted molar refractivity (Wildman–Crippen MR) is 98.7 cm³/mol. The Kier molecular flexibility index (Phi) is 10.4. The number of benzene rings is 1. The summed E-state index contributed by atoms with van der Waals surface area (Å²) in [6.45, 7) is 2.25. The molecule has 1 aromatic rings. The maximum Gasteiger partial charge on any atom is 0.136 e. The summed E-state index contributed by atoms with van der Waals surface area (Å²) in [7, 11) is 0. The molecule has 126 valence electrons. The lowest BCUT2D eigenvalue weighted by Crippen LogP contribution is -1.90. The molecule has 1 aromatic carbocycles. The molecular weight excluding hydrogens is 339 g/mol. The van der Waals surface area contributed by atoms with Gasteiger partial charge in [0.15, 0.2) is 0 Å². The Morgan fingerprint density at radius 1 is 0.727 bits per heavy atom. The van der Waals surface area contributed by atoms with Crippen LogP contribution >= 0.6 is 34.8 Å². The van der Waals surface area contributed by atoms with E-state index in [-0.39, 0.29) is 15.8 Å². The van der Waals surface area contributed by atoms with Gasteiger partial charge in [-0.1, -0.05) is 99.5 Å². The van der Waals surface area contributed by atoms with Crippen molar-refractivity contribution in [2.24, 2.45) is 0 Å². The molecule has 0 aromatic heterocycles. The van der Waals surface area contributed by atoms with Crippen LogP contribution in [-0.2, 0) is 6.42 Å². The minimum atomic E-state index is 0.0122. The molecule has 0 aliphatic rings. The van der Waals surface area contributed by atoms with Gasteiger partial charge in [0.25, 0.3) is 0 Å². The first kappa shape index (κ1) is 19.9. The molecule has 0 fully saturated rings. The van der Waals surface area contributed by atoms with E-state index in [0.717, 1.165) is 18.4 Å². The lowest BCUT2D eigenvalue weighted by atomic mass is 10.0. The zero-order valence-corrected chi connectivity index (χ0v) is 15.7. The second-order valence-corrected chi connectivity index (χ2v) is 7.06. The smallest absolute Gasteiger partial charge is 0.136 e. The fourth-order valence-corrected chi connectivity index (χ4v) is 3.29. The van der Waals surface area contributed by atoms with Gasteiger partial charge in [-0.2, -0.15) is 0 Å². The van der Waals surface area contributed by atoms with Crippen molar-refractivity contribution in [3.8, 4) is 5.75 Å². The standard InChI is InChI=1S/C18H27Cl3O/c1-2-3-4-5-6-7-8-9-10-11-12-14-13-15(22)17(20)18(21)16(14)19/h13,22H,2-12H2,1H3. The molecule has 0 unspecified atom stereocenters. The molecule has 1 nitrogen and oxygen atoms in total. The van der Waals surface area contributed by atoms with Gasteiger partial charge < -0.3 is 5.11 Å². The lowest BCUT2D eigenvalue weighted by molar-refractivity contribution is 0.474.